The maximum atomic E-state index is 2.13. The van der Waals surface area contributed by atoms with E-state index in [0.717, 1.165) is 0 Å². The van der Waals surface area contributed by atoms with Gasteiger partial charge in [-0.05, 0) is 21.6 Å². The molecule has 0 aromatic carbocycles. The van der Waals surface area contributed by atoms with Gasteiger partial charge in [0.05, 0.1) is 8.47 Å². The Morgan fingerprint density at radius 2 is 0.909 bits per heavy atom. The maximum Gasteiger partial charge on any atom is 2.00 e. The minimum atomic E-state index is 0. The van der Waals surface area contributed by atoms with Gasteiger partial charge in [-0.1, -0.05) is 47.0 Å². The van der Waals surface area contributed by atoms with Gasteiger partial charge in [0.15, 0.2) is 0 Å². The van der Waals surface area contributed by atoms with Crippen molar-refractivity contribution in [1.29, 1.82) is 0 Å². The molecular weight excluding hydrogens is 266 g/mol. The van der Waals surface area contributed by atoms with Crippen molar-refractivity contribution in [1.82, 2.24) is 0 Å². The number of thioether (sulfide) groups is 4. The second-order valence-electron chi connectivity index (χ2n) is 1.59. The molecule has 0 bridgehead atoms. The molecule has 0 fully saturated rings. The first-order valence-electron chi connectivity index (χ1n) is 2.68. The molecule has 2 heterocycles. The minimum absolute atomic E-state index is 0. The SMILES string of the molecule is C1=CSC(=C2SC=CS2)S1.[Zn+2]. The maximum absolute atomic E-state index is 2.13. The van der Waals surface area contributed by atoms with Gasteiger partial charge in [-0.25, -0.2) is 0 Å². The first kappa shape index (κ1) is 10.3. The van der Waals surface area contributed by atoms with Gasteiger partial charge >= 0.3 is 19.5 Å². The first-order valence-corrected chi connectivity index (χ1v) is 6.19. The van der Waals surface area contributed by atoms with Crippen LogP contribution in [-0.2, 0) is 19.5 Å². The largest absolute Gasteiger partial charge is 2.00 e. The van der Waals surface area contributed by atoms with E-state index in [0.29, 0.717) is 0 Å². The molecule has 2 aliphatic heterocycles. The second-order valence-corrected chi connectivity index (χ2v) is 5.77. The van der Waals surface area contributed by atoms with Crippen LogP contribution < -0.4 is 0 Å². The van der Waals surface area contributed by atoms with Gasteiger partial charge < -0.3 is 0 Å². The molecule has 0 aromatic heterocycles. The molecule has 0 amide bonds. The Morgan fingerprint density at radius 1 is 0.636 bits per heavy atom. The number of rotatable bonds is 0. The smallest absolute Gasteiger partial charge is 0.0884 e. The first-order chi connectivity index (χ1) is 4.97. The summed E-state index contributed by atoms with van der Waals surface area (Å²) >= 11 is 7.28. The fourth-order valence-corrected chi connectivity index (χ4v) is 4.64. The zero-order chi connectivity index (χ0) is 6.81. The summed E-state index contributed by atoms with van der Waals surface area (Å²) in [5, 5.41) is 8.53. The van der Waals surface area contributed by atoms with Gasteiger partial charge in [0.2, 0.25) is 0 Å². The van der Waals surface area contributed by atoms with Crippen LogP contribution in [0.3, 0.4) is 0 Å². The predicted octanol–water partition coefficient (Wildman–Crippen LogP) is 4.01. The average molecular weight is 270 g/mol. The van der Waals surface area contributed by atoms with Crippen LogP contribution in [0.5, 0.6) is 0 Å². The average Bonchev–Trinajstić information content (AvgIpc) is 2.59. The van der Waals surface area contributed by atoms with Gasteiger partial charge in [-0.3, -0.25) is 0 Å². The third kappa shape index (κ3) is 2.59. The molecule has 0 saturated heterocycles. The third-order valence-electron chi connectivity index (χ3n) is 0.978. The van der Waals surface area contributed by atoms with Crippen LogP contribution in [0.2, 0.25) is 0 Å². The normalized spacial score (nSPS) is 21.1. The van der Waals surface area contributed by atoms with E-state index < -0.39 is 0 Å². The fourth-order valence-electron chi connectivity index (χ4n) is 0.606. The van der Waals surface area contributed by atoms with E-state index in [2.05, 4.69) is 21.6 Å². The third-order valence-corrected chi connectivity index (χ3v) is 5.76. The summed E-state index contributed by atoms with van der Waals surface area (Å²) in [7, 11) is 0. The molecule has 0 nitrogen and oxygen atoms in total. The molecule has 52 valence electrons. The van der Waals surface area contributed by atoms with Crippen LogP contribution in [0.25, 0.3) is 0 Å². The van der Waals surface area contributed by atoms with E-state index in [-0.39, 0.29) is 19.5 Å². The Hall–Kier alpha value is 1.24. The molecule has 0 N–H and O–H groups in total. The van der Waals surface area contributed by atoms with Crippen LogP contribution in [-0.4, -0.2) is 0 Å². The quantitative estimate of drug-likeness (QED) is 0.609. The van der Waals surface area contributed by atoms with Crippen molar-refractivity contribution in [3.05, 3.63) is 30.1 Å². The fraction of sp³-hybridized carbons (Fsp3) is 0. The monoisotopic (exact) mass is 268 g/mol. The molecule has 2 rings (SSSR count). The summed E-state index contributed by atoms with van der Waals surface area (Å²) in [6, 6.07) is 0. The molecule has 11 heavy (non-hydrogen) atoms. The van der Waals surface area contributed by atoms with Crippen molar-refractivity contribution >= 4 is 47.0 Å². The summed E-state index contributed by atoms with van der Waals surface area (Å²) in [4.78, 5) is 0. The molecular formula is C6H4S4Zn+2. The van der Waals surface area contributed by atoms with E-state index in [1.54, 1.807) is 0 Å². The van der Waals surface area contributed by atoms with Crippen molar-refractivity contribution in [2.45, 2.75) is 0 Å². The van der Waals surface area contributed by atoms with Crippen molar-refractivity contribution < 1.29 is 19.5 Å². The van der Waals surface area contributed by atoms with E-state index in [4.69, 9.17) is 0 Å². The van der Waals surface area contributed by atoms with Crippen LogP contribution in [0.4, 0.5) is 0 Å². The van der Waals surface area contributed by atoms with E-state index in [1.807, 2.05) is 47.0 Å². The zero-order valence-electron chi connectivity index (χ0n) is 5.65. The zero-order valence-corrected chi connectivity index (χ0v) is 11.9. The van der Waals surface area contributed by atoms with Gasteiger partial charge in [-0.15, -0.1) is 0 Å². The van der Waals surface area contributed by atoms with Crippen LogP contribution in [0.1, 0.15) is 0 Å². The van der Waals surface area contributed by atoms with Crippen LogP contribution >= 0.6 is 47.0 Å². The van der Waals surface area contributed by atoms with Crippen molar-refractivity contribution in [2.75, 3.05) is 0 Å². The molecule has 0 aromatic rings. The molecule has 0 spiro atoms. The van der Waals surface area contributed by atoms with Crippen molar-refractivity contribution in [3.8, 4) is 0 Å². The van der Waals surface area contributed by atoms with Crippen molar-refractivity contribution in [2.24, 2.45) is 0 Å². The Kier molecular flexibility index (Phi) is 4.77. The minimum Gasteiger partial charge on any atom is -0.0884 e. The summed E-state index contributed by atoms with van der Waals surface area (Å²) in [5.74, 6) is 0. The Labute approximate surface area is 95.9 Å². The van der Waals surface area contributed by atoms with E-state index in [1.165, 1.54) is 8.47 Å². The summed E-state index contributed by atoms with van der Waals surface area (Å²) in [6.45, 7) is 0. The van der Waals surface area contributed by atoms with E-state index in [9.17, 15) is 0 Å². The molecule has 0 unspecified atom stereocenters. The van der Waals surface area contributed by atoms with Gasteiger partial charge in [0, 0.05) is 0 Å². The summed E-state index contributed by atoms with van der Waals surface area (Å²) in [6.07, 6.45) is 0. The Balaban J connectivity index is 0.000000605. The van der Waals surface area contributed by atoms with Gasteiger partial charge in [0.1, 0.15) is 0 Å². The topological polar surface area (TPSA) is 0 Å². The summed E-state index contributed by atoms with van der Waals surface area (Å²) < 4.78 is 2.86. The Morgan fingerprint density at radius 3 is 1.18 bits per heavy atom. The standard InChI is InChI=1S/C6H4S4.Zn/c1-2-8-5(7-1)6-9-3-4-10-6;/h1-4H;/q;+2. The molecule has 0 saturated carbocycles. The predicted molar refractivity (Wildman–Crippen MR) is 55.7 cm³/mol. The number of hydrogen-bond donors (Lipinski definition) is 0. The van der Waals surface area contributed by atoms with Gasteiger partial charge in [-0.2, -0.15) is 0 Å². The molecule has 2 aliphatic rings. The summed E-state index contributed by atoms with van der Waals surface area (Å²) in [5.41, 5.74) is 0. The Bertz CT molecular complexity index is 187. The van der Waals surface area contributed by atoms with E-state index >= 15 is 0 Å². The van der Waals surface area contributed by atoms with Crippen LogP contribution in [0, 0.1) is 0 Å². The van der Waals surface area contributed by atoms with Crippen LogP contribution in [0.15, 0.2) is 30.1 Å². The van der Waals surface area contributed by atoms with Gasteiger partial charge in [0.25, 0.3) is 0 Å². The second kappa shape index (κ2) is 5.08. The molecule has 0 radical (unpaired) electrons. The molecule has 0 atom stereocenters. The molecule has 0 aliphatic carbocycles. The number of hydrogen-bond acceptors (Lipinski definition) is 4. The molecule has 5 heteroatoms. The van der Waals surface area contributed by atoms with Crippen molar-refractivity contribution in [3.63, 3.8) is 0 Å².